The smallest absolute Gasteiger partial charge is 0.335 e. The van der Waals surface area contributed by atoms with Crippen molar-refractivity contribution in [2.75, 3.05) is 11.9 Å². The fourth-order valence-corrected chi connectivity index (χ4v) is 3.74. The number of aromatic hydroxyl groups is 1. The van der Waals surface area contributed by atoms with Crippen molar-refractivity contribution in [3.05, 3.63) is 110 Å². The van der Waals surface area contributed by atoms with Gasteiger partial charge in [0.25, 0.3) is 5.56 Å². The number of halogens is 1. The first kappa shape index (κ1) is 23.0. The zero-order valence-electron chi connectivity index (χ0n) is 18.8. The average Bonchev–Trinajstić information content (AvgIpc) is 2.81. The van der Waals surface area contributed by atoms with Gasteiger partial charge in [-0.05, 0) is 61.9 Å². The number of hydrogen-bond acceptors (Lipinski definition) is 5. The molecule has 0 atom stereocenters. The minimum atomic E-state index is -0.771. The van der Waals surface area contributed by atoms with Crippen LogP contribution in [0.25, 0.3) is 5.69 Å². The van der Waals surface area contributed by atoms with E-state index in [1.54, 1.807) is 66.8 Å². The summed E-state index contributed by atoms with van der Waals surface area (Å²) in [6, 6.07) is 15.7. The van der Waals surface area contributed by atoms with Gasteiger partial charge in [0, 0.05) is 18.3 Å². The molecule has 2 N–H and O–H groups in total. The van der Waals surface area contributed by atoms with Crippen molar-refractivity contribution in [2.45, 2.75) is 13.8 Å². The predicted molar refractivity (Wildman–Crippen MR) is 134 cm³/mol. The van der Waals surface area contributed by atoms with E-state index >= 15 is 0 Å². The molecule has 0 bridgehead atoms. The largest absolute Gasteiger partial charge is 0.493 e. The van der Waals surface area contributed by atoms with Crippen molar-refractivity contribution in [3.8, 4) is 11.6 Å². The van der Waals surface area contributed by atoms with Crippen molar-refractivity contribution in [1.29, 1.82) is 0 Å². The number of benzene rings is 2. The Kier molecular flexibility index (Phi) is 6.34. The van der Waals surface area contributed by atoms with E-state index < -0.39 is 17.1 Å². The maximum Gasteiger partial charge on any atom is 0.335 e. The van der Waals surface area contributed by atoms with Gasteiger partial charge in [-0.2, -0.15) is 0 Å². The summed E-state index contributed by atoms with van der Waals surface area (Å²) in [5.41, 5.74) is 1.63. The molecular weight excluding hydrogens is 454 g/mol. The van der Waals surface area contributed by atoms with Crippen LogP contribution in [0.3, 0.4) is 0 Å². The maximum atomic E-state index is 13.0. The normalized spacial score (nSPS) is 11.5. The van der Waals surface area contributed by atoms with E-state index in [0.29, 0.717) is 22.1 Å². The molecule has 2 aromatic carbocycles. The molecule has 0 aliphatic carbocycles. The average molecular weight is 476 g/mol. The first-order valence-corrected chi connectivity index (χ1v) is 10.8. The Balaban J connectivity index is 2.00. The SMILES string of the molecule is Cc1ccc(-n2c(O)c(C(=Nc3ccc(Cl)cc3)N(C)c3cccnc3)c(=O)[nH]c2=O)c(C)c1. The Morgan fingerprint density at radius 3 is 2.50 bits per heavy atom. The highest BCUT2D eigenvalue weighted by atomic mass is 35.5. The van der Waals surface area contributed by atoms with Crippen LogP contribution < -0.4 is 16.1 Å². The van der Waals surface area contributed by atoms with Gasteiger partial charge in [0.15, 0.2) is 5.84 Å². The first-order valence-electron chi connectivity index (χ1n) is 10.4. The number of aliphatic imine (C=N–C) groups is 1. The molecule has 2 heterocycles. The van der Waals surface area contributed by atoms with Gasteiger partial charge < -0.3 is 10.0 Å². The van der Waals surface area contributed by atoms with Crippen molar-refractivity contribution in [3.63, 3.8) is 0 Å². The predicted octanol–water partition coefficient (Wildman–Crippen LogP) is 4.11. The van der Waals surface area contributed by atoms with Crippen LogP contribution in [0.5, 0.6) is 5.88 Å². The molecule has 0 saturated carbocycles. The number of hydrogen-bond donors (Lipinski definition) is 2. The number of H-pyrrole nitrogens is 1. The van der Waals surface area contributed by atoms with Gasteiger partial charge in [-0.1, -0.05) is 29.3 Å². The summed E-state index contributed by atoms with van der Waals surface area (Å²) in [6.07, 6.45) is 3.22. The number of nitrogens with one attached hydrogen (secondary N) is 1. The van der Waals surface area contributed by atoms with Crippen molar-refractivity contribution in [2.24, 2.45) is 4.99 Å². The third kappa shape index (κ3) is 4.49. The van der Waals surface area contributed by atoms with E-state index in [1.165, 1.54) is 0 Å². The topological polar surface area (TPSA) is 104 Å². The van der Waals surface area contributed by atoms with Crippen molar-refractivity contribution >= 4 is 28.8 Å². The molecule has 0 aliphatic rings. The van der Waals surface area contributed by atoms with Gasteiger partial charge in [-0.25, -0.2) is 14.4 Å². The van der Waals surface area contributed by atoms with Gasteiger partial charge in [0.1, 0.15) is 5.56 Å². The van der Waals surface area contributed by atoms with Crippen molar-refractivity contribution < 1.29 is 5.11 Å². The van der Waals surface area contributed by atoms with Gasteiger partial charge >= 0.3 is 5.69 Å². The molecule has 4 rings (SSSR count). The Bertz CT molecular complexity index is 1490. The number of aryl methyl sites for hydroxylation is 2. The van der Waals surface area contributed by atoms with E-state index in [-0.39, 0.29) is 11.4 Å². The fourth-order valence-electron chi connectivity index (χ4n) is 3.62. The summed E-state index contributed by atoms with van der Waals surface area (Å²) in [4.78, 5) is 38.5. The number of rotatable bonds is 4. The molecule has 9 heteroatoms. The maximum absolute atomic E-state index is 13.0. The zero-order valence-corrected chi connectivity index (χ0v) is 19.5. The van der Waals surface area contributed by atoms with Crippen LogP contribution in [-0.4, -0.2) is 32.5 Å². The highest BCUT2D eigenvalue weighted by molar-refractivity contribution is 6.30. The third-order valence-electron chi connectivity index (χ3n) is 5.32. The molecule has 34 heavy (non-hydrogen) atoms. The molecule has 0 fully saturated rings. The van der Waals surface area contributed by atoms with Crippen LogP contribution in [-0.2, 0) is 0 Å². The Labute approximate surface area is 200 Å². The van der Waals surface area contributed by atoms with Gasteiger partial charge in [0.05, 0.1) is 23.3 Å². The van der Waals surface area contributed by atoms with Crippen LogP contribution in [0.4, 0.5) is 11.4 Å². The summed E-state index contributed by atoms with van der Waals surface area (Å²) in [5.74, 6) is -0.406. The molecule has 0 unspecified atom stereocenters. The van der Waals surface area contributed by atoms with Crippen molar-refractivity contribution in [1.82, 2.24) is 14.5 Å². The minimum Gasteiger partial charge on any atom is -0.493 e. The molecule has 8 nitrogen and oxygen atoms in total. The second-order valence-electron chi connectivity index (χ2n) is 7.77. The number of nitrogens with zero attached hydrogens (tertiary/aromatic N) is 4. The number of amidine groups is 1. The Morgan fingerprint density at radius 2 is 1.85 bits per heavy atom. The molecule has 0 amide bonds. The molecular formula is C25H22ClN5O3. The number of aromatic amines is 1. The minimum absolute atomic E-state index is 0.118. The highest BCUT2D eigenvalue weighted by Crippen LogP contribution is 2.25. The van der Waals surface area contributed by atoms with E-state index in [0.717, 1.165) is 15.7 Å². The van der Waals surface area contributed by atoms with Crippen LogP contribution in [0.1, 0.15) is 16.7 Å². The second kappa shape index (κ2) is 9.36. The number of aromatic nitrogens is 3. The first-order chi connectivity index (χ1) is 16.3. The van der Waals surface area contributed by atoms with E-state index in [4.69, 9.17) is 11.6 Å². The summed E-state index contributed by atoms with van der Waals surface area (Å²) in [6.45, 7) is 3.75. The molecule has 0 saturated heterocycles. The summed E-state index contributed by atoms with van der Waals surface area (Å²) in [7, 11) is 1.69. The number of pyridine rings is 1. The third-order valence-corrected chi connectivity index (χ3v) is 5.57. The van der Waals surface area contributed by atoms with E-state index in [9.17, 15) is 14.7 Å². The molecule has 0 radical (unpaired) electrons. The second-order valence-corrected chi connectivity index (χ2v) is 8.20. The molecule has 2 aromatic heterocycles. The quantitative estimate of drug-likeness (QED) is 0.341. The van der Waals surface area contributed by atoms with Gasteiger partial charge in [-0.3, -0.25) is 14.8 Å². The van der Waals surface area contributed by atoms with Gasteiger partial charge in [0.2, 0.25) is 5.88 Å². The van der Waals surface area contributed by atoms with Crippen LogP contribution in [0.15, 0.2) is 81.6 Å². The summed E-state index contributed by atoms with van der Waals surface area (Å²) in [5, 5.41) is 11.8. The monoisotopic (exact) mass is 475 g/mol. The van der Waals surface area contributed by atoms with E-state index in [1.807, 2.05) is 26.0 Å². The summed E-state index contributed by atoms with van der Waals surface area (Å²) >= 11 is 6.01. The molecule has 4 aromatic rings. The number of anilines is 1. The molecule has 172 valence electrons. The lowest BCUT2D eigenvalue weighted by Gasteiger charge is -2.22. The standard InChI is InChI=1S/C25H22ClN5O3/c1-15-6-11-20(16(2)13-15)31-24(33)21(23(32)29-25(31)34)22(28-18-9-7-17(26)8-10-18)30(3)19-5-4-12-27-14-19/h4-14,33H,1-3H3,(H,29,32,34). The Morgan fingerprint density at radius 1 is 1.12 bits per heavy atom. The lowest BCUT2D eigenvalue weighted by Crippen LogP contribution is -2.38. The zero-order chi connectivity index (χ0) is 24.4. The molecule has 0 aliphatic heterocycles. The lowest BCUT2D eigenvalue weighted by molar-refractivity contribution is 0.429. The van der Waals surface area contributed by atoms with Crippen LogP contribution in [0.2, 0.25) is 5.02 Å². The van der Waals surface area contributed by atoms with Crippen LogP contribution in [0, 0.1) is 13.8 Å². The highest BCUT2D eigenvalue weighted by Gasteiger charge is 2.24. The van der Waals surface area contributed by atoms with E-state index in [2.05, 4.69) is 15.0 Å². The fraction of sp³-hybridized carbons (Fsp3) is 0.120. The van der Waals surface area contributed by atoms with Crippen LogP contribution >= 0.6 is 11.6 Å². The molecule has 0 spiro atoms. The van der Waals surface area contributed by atoms with Gasteiger partial charge in [-0.15, -0.1) is 0 Å². The Hall–Kier alpha value is -4.17. The lowest BCUT2D eigenvalue weighted by atomic mass is 10.1. The summed E-state index contributed by atoms with van der Waals surface area (Å²) < 4.78 is 1.07.